The van der Waals surface area contributed by atoms with Gasteiger partial charge in [0.2, 0.25) is 6.79 Å². The van der Waals surface area contributed by atoms with E-state index in [4.69, 9.17) is 9.47 Å². The third-order valence-corrected chi connectivity index (χ3v) is 7.64. The fourth-order valence-electron chi connectivity index (χ4n) is 4.56. The third-order valence-electron chi connectivity index (χ3n) is 6.63. The Morgan fingerprint density at radius 3 is 2.59 bits per heavy atom. The van der Waals surface area contributed by atoms with E-state index in [1.165, 1.54) is 17.4 Å². The fraction of sp³-hybridized carbons (Fsp3) is 0.233. The molecule has 1 aromatic heterocycles. The van der Waals surface area contributed by atoms with Gasteiger partial charge < -0.3 is 19.7 Å². The number of halogens is 1. The predicted octanol–water partition coefficient (Wildman–Crippen LogP) is 5.49. The molecule has 2 heterocycles. The summed E-state index contributed by atoms with van der Waals surface area (Å²) in [6.45, 7) is 2.23. The average Bonchev–Trinajstić information content (AvgIpc) is 3.58. The molecule has 0 saturated heterocycles. The van der Waals surface area contributed by atoms with Crippen molar-refractivity contribution in [1.29, 1.82) is 0 Å². The molecule has 4 aromatic rings. The van der Waals surface area contributed by atoms with Crippen LogP contribution in [0.4, 0.5) is 4.39 Å². The molecule has 3 aromatic carbocycles. The molecule has 0 bridgehead atoms. The lowest BCUT2D eigenvalue weighted by Gasteiger charge is -2.29. The first-order valence-corrected chi connectivity index (χ1v) is 13.4. The molecule has 200 valence electrons. The number of benzene rings is 3. The molecule has 0 radical (unpaired) electrons. The maximum absolute atomic E-state index is 14.5. The highest BCUT2D eigenvalue weighted by Crippen LogP contribution is 2.33. The minimum atomic E-state index is -0.401. The van der Waals surface area contributed by atoms with Gasteiger partial charge in [0, 0.05) is 30.8 Å². The van der Waals surface area contributed by atoms with E-state index in [2.05, 4.69) is 10.3 Å². The number of amides is 2. The second-order valence-corrected chi connectivity index (χ2v) is 10.5. The quantitative estimate of drug-likeness (QED) is 0.301. The van der Waals surface area contributed by atoms with Gasteiger partial charge in [0.05, 0.1) is 9.88 Å². The number of aromatic nitrogens is 1. The summed E-state index contributed by atoms with van der Waals surface area (Å²) in [7, 11) is 1.77. The number of aryl methyl sites for hydroxylation is 1. The van der Waals surface area contributed by atoms with Crippen molar-refractivity contribution in [2.45, 2.75) is 25.8 Å². The maximum Gasteiger partial charge on any atom is 0.271 e. The fourth-order valence-corrected chi connectivity index (χ4v) is 5.51. The van der Waals surface area contributed by atoms with Crippen molar-refractivity contribution in [2.24, 2.45) is 0 Å². The highest BCUT2D eigenvalue weighted by molar-refractivity contribution is 7.15. The van der Waals surface area contributed by atoms with Gasteiger partial charge >= 0.3 is 0 Å². The molecule has 9 heteroatoms. The molecule has 0 aliphatic carbocycles. The number of carbonyl (C=O) groups excluding carboxylic acids is 2. The Bertz CT molecular complexity index is 1490. The highest BCUT2D eigenvalue weighted by Gasteiger charge is 2.25. The van der Waals surface area contributed by atoms with Crippen LogP contribution in [0.1, 0.15) is 37.8 Å². The van der Waals surface area contributed by atoms with E-state index >= 15 is 0 Å². The van der Waals surface area contributed by atoms with Crippen LogP contribution in [-0.2, 0) is 6.42 Å². The SMILES string of the molecule is Cc1nc(C(=O)NCC[C@H](Cc2ccccc2)N(C)C(=O)c2ccc3c(c2)OCO3)c(-c2ccccc2F)s1. The van der Waals surface area contributed by atoms with Crippen LogP contribution in [0, 0.1) is 12.7 Å². The van der Waals surface area contributed by atoms with Crippen molar-refractivity contribution < 1.29 is 23.5 Å². The van der Waals surface area contributed by atoms with Gasteiger partial charge in [-0.05, 0) is 49.6 Å². The van der Waals surface area contributed by atoms with Gasteiger partial charge in [-0.2, -0.15) is 0 Å². The molecule has 1 aliphatic heterocycles. The van der Waals surface area contributed by atoms with Gasteiger partial charge in [0.1, 0.15) is 11.5 Å². The number of nitrogens with zero attached hydrogens (tertiary/aromatic N) is 2. The summed E-state index contributed by atoms with van der Waals surface area (Å²) in [5.41, 5.74) is 2.13. The Labute approximate surface area is 230 Å². The number of nitrogens with one attached hydrogen (secondary N) is 1. The first-order valence-electron chi connectivity index (χ1n) is 12.6. The molecule has 1 aliphatic rings. The van der Waals surface area contributed by atoms with Gasteiger partial charge in [-0.25, -0.2) is 9.37 Å². The summed E-state index contributed by atoms with van der Waals surface area (Å²) in [6, 6.07) is 21.2. The van der Waals surface area contributed by atoms with E-state index < -0.39 is 5.82 Å². The Kier molecular flexibility index (Phi) is 7.88. The maximum atomic E-state index is 14.5. The van der Waals surface area contributed by atoms with E-state index in [0.717, 1.165) is 5.56 Å². The smallest absolute Gasteiger partial charge is 0.271 e. The third kappa shape index (κ3) is 5.93. The molecule has 0 spiro atoms. The molecule has 0 unspecified atom stereocenters. The molecule has 1 atom stereocenters. The minimum Gasteiger partial charge on any atom is -0.454 e. The van der Waals surface area contributed by atoms with Crippen molar-refractivity contribution in [2.75, 3.05) is 20.4 Å². The Hall–Kier alpha value is -4.24. The number of fused-ring (bicyclic) bond motifs is 1. The van der Waals surface area contributed by atoms with E-state index in [9.17, 15) is 14.0 Å². The normalized spacial score (nSPS) is 12.7. The second kappa shape index (κ2) is 11.7. The number of likely N-dealkylation sites (N-methyl/N-ethyl adjacent to an activating group) is 1. The van der Waals surface area contributed by atoms with Crippen LogP contribution < -0.4 is 14.8 Å². The first-order chi connectivity index (χ1) is 18.9. The van der Waals surface area contributed by atoms with Crippen LogP contribution in [0.25, 0.3) is 10.4 Å². The van der Waals surface area contributed by atoms with Crippen molar-refractivity contribution in [1.82, 2.24) is 15.2 Å². The zero-order chi connectivity index (χ0) is 27.4. The van der Waals surface area contributed by atoms with Gasteiger partial charge in [-0.1, -0.05) is 48.5 Å². The van der Waals surface area contributed by atoms with Crippen molar-refractivity contribution in [3.63, 3.8) is 0 Å². The van der Waals surface area contributed by atoms with Crippen molar-refractivity contribution in [3.05, 3.63) is 100 Å². The predicted molar refractivity (Wildman–Crippen MR) is 148 cm³/mol. The molecule has 0 fully saturated rings. The second-order valence-electron chi connectivity index (χ2n) is 9.26. The summed E-state index contributed by atoms with van der Waals surface area (Å²) in [5, 5.41) is 3.61. The number of hydrogen-bond donors (Lipinski definition) is 1. The highest BCUT2D eigenvalue weighted by atomic mass is 32.1. The van der Waals surface area contributed by atoms with E-state index in [1.807, 2.05) is 30.3 Å². The number of thiazole rings is 1. The van der Waals surface area contributed by atoms with Crippen LogP contribution in [0.15, 0.2) is 72.8 Å². The number of carbonyl (C=O) groups is 2. The van der Waals surface area contributed by atoms with Gasteiger partial charge in [0.25, 0.3) is 11.8 Å². The molecular weight excluding hydrogens is 517 g/mol. The lowest BCUT2D eigenvalue weighted by molar-refractivity contribution is 0.0722. The molecular formula is C30H28FN3O4S. The summed E-state index contributed by atoms with van der Waals surface area (Å²) >= 11 is 1.28. The molecule has 39 heavy (non-hydrogen) atoms. The molecule has 5 rings (SSSR count). The van der Waals surface area contributed by atoms with Crippen LogP contribution >= 0.6 is 11.3 Å². The average molecular weight is 546 g/mol. The summed E-state index contributed by atoms with van der Waals surface area (Å²) in [5.74, 6) is 0.232. The van der Waals surface area contributed by atoms with Crippen molar-refractivity contribution >= 4 is 23.2 Å². The van der Waals surface area contributed by atoms with E-state index in [0.29, 0.717) is 51.9 Å². The Balaban J connectivity index is 1.30. The summed E-state index contributed by atoms with van der Waals surface area (Å²) in [6.07, 6.45) is 1.12. The van der Waals surface area contributed by atoms with Crippen LogP contribution in [0.3, 0.4) is 0 Å². The molecule has 1 N–H and O–H groups in total. The van der Waals surface area contributed by atoms with Crippen LogP contribution in [-0.4, -0.2) is 48.1 Å². The summed E-state index contributed by atoms with van der Waals surface area (Å²) in [4.78, 5) is 33.2. The summed E-state index contributed by atoms with van der Waals surface area (Å²) < 4.78 is 25.3. The largest absolute Gasteiger partial charge is 0.454 e. The van der Waals surface area contributed by atoms with E-state index in [1.54, 1.807) is 55.3 Å². The molecule has 2 amide bonds. The monoisotopic (exact) mass is 545 g/mol. The zero-order valence-electron chi connectivity index (χ0n) is 21.6. The lowest BCUT2D eigenvalue weighted by Crippen LogP contribution is -2.41. The number of rotatable bonds is 9. The van der Waals surface area contributed by atoms with Gasteiger partial charge in [-0.3, -0.25) is 9.59 Å². The topological polar surface area (TPSA) is 80.8 Å². The first kappa shape index (κ1) is 26.4. The molecule has 7 nitrogen and oxygen atoms in total. The minimum absolute atomic E-state index is 0.135. The Morgan fingerprint density at radius 1 is 1.05 bits per heavy atom. The zero-order valence-corrected chi connectivity index (χ0v) is 22.5. The van der Waals surface area contributed by atoms with E-state index in [-0.39, 0.29) is 30.3 Å². The number of hydrogen-bond acceptors (Lipinski definition) is 6. The number of ether oxygens (including phenoxy) is 2. The Morgan fingerprint density at radius 2 is 1.79 bits per heavy atom. The van der Waals surface area contributed by atoms with Gasteiger partial charge in [0.15, 0.2) is 11.5 Å². The standard InChI is InChI=1S/C30H28FN3O4S/c1-19-33-27(28(39-19)23-10-6-7-11-24(23)31)29(35)32-15-14-22(16-20-8-4-3-5-9-20)34(2)30(36)21-12-13-25-26(17-21)38-18-37-25/h3-13,17,22H,14-16,18H2,1-2H3,(H,32,35)/t22-/m1/s1. The van der Waals surface area contributed by atoms with Crippen LogP contribution in [0.5, 0.6) is 11.5 Å². The van der Waals surface area contributed by atoms with Gasteiger partial charge in [-0.15, -0.1) is 11.3 Å². The van der Waals surface area contributed by atoms with Crippen LogP contribution in [0.2, 0.25) is 0 Å². The van der Waals surface area contributed by atoms with Crippen molar-refractivity contribution in [3.8, 4) is 21.9 Å². The lowest BCUT2D eigenvalue weighted by atomic mass is 10.0. The molecule has 0 saturated carbocycles.